The Hall–Kier alpha value is -1.06. The van der Waals surface area contributed by atoms with Gasteiger partial charge in [0.2, 0.25) is 12.3 Å². The van der Waals surface area contributed by atoms with Crippen LogP contribution in [0, 0.1) is 0 Å². The van der Waals surface area contributed by atoms with Gasteiger partial charge in [0.05, 0.1) is 0 Å². The second-order valence-electron chi connectivity index (χ2n) is 1.86. The molecule has 0 aliphatic rings. The normalized spacial score (nSPS) is 12.1. The predicted octanol–water partition coefficient (Wildman–Crippen LogP) is -1.00. The van der Waals surface area contributed by atoms with Gasteiger partial charge in [-0.1, -0.05) is 0 Å². The number of carbonyl (C=O) groups excluding carboxylic acids is 2. The van der Waals surface area contributed by atoms with Crippen LogP contribution in [-0.4, -0.2) is 18.4 Å². The maximum absolute atomic E-state index is 10.2. The van der Waals surface area contributed by atoms with Crippen molar-refractivity contribution in [1.82, 2.24) is 5.32 Å². The van der Waals surface area contributed by atoms with Gasteiger partial charge in [-0.05, 0) is 6.92 Å². The Bertz CT molecular complexity index is 114. The number of primary amides is 1. The fourth-order valence-corrected chi connectivity index (χ4v) is 0.477. The highest BCUT2D eigenvalue weighted by Gasteiger charge is 2.01. The minimum Gasteiger partial charge on any atom is -0.370 e. The molecule has 0 rings (SSSR count). The van der Waals surface area contributed by atoms with Gasteiger partial charge >= 0.3 is 0 Å². The maximum atomic E-state index is 10.2. The molecule has 0 fully saturated rings. The van der Waals surface area contributed by atoms with Gasteiger partial charge in [0.15, 0.2) is 0 Å². The van der Waals surface area contributed by atoms with Crippen molar-refractivity contribution in [2.75, 3.05) is 0 Å². The van der Waals surface area contributed by atoms with E-state index < -0.39 is 5.91 Å². The lowest BCUT2D eigenvalue weighted by atomic mass is 10.2. The molecule has 0 unspecified atom stereocenters. The predicted molar refractivity (Wildman–Crippen MR) is 32.5 cm³/mol. The second kappa shape index (κ2) is 3.88. The van der Waals surface area contributed by atoms with Gasteiger partial charge in [-0.3, -0.25) is 9.59 Å². The molecule has 0 saturated carbocycles. The first-order valence-electron chi connectivity index (χ1n) is 2.65. The summed E-state index contributed by atoms with van der Waals surface area (Å²) in [5.41, 5.74) is 4.83. The van der Waals surface area contributed by atoms with Crippen molar-refractivity contribution < 1.29 is 9.59 Å². The van der Waals surface area contributed by atoms with Crippen LogP contribution in [0.25, 0.3) is 0 Å². The van der Waals surface area contributed by atoms with E-state index in [2.05, 4.69) is 5.32 Å². The Labute approximate surface area is 53.4 Å². The monoisotopic (exact) mass is 130 g/mol. The lowest BCUT2D eigenvalue weighted by Gasteiger charge is -2.04. The zero-order valence-electron chi connectivity index (χ0n) is 5.26. The van der Waals surface area contributed by atoms with Crippen molar-refractivity contribution in [3.63, 3.8) is 0 Å². The molecule has 4 heteroatoms. The number of carbonyl (C=O) groups is 2. The van der Waals surface area contributed by atoms with Gasteiger partial charge in [0, 0.05) is 12.5 Å². The van der Waals surface area contributed by atoms with Crippen molar-refractivity contribution in [1.29, 1.82) is 0 Å². The van der Waals surface area contributed by atoms with Gasteiger partial charge < -0.3 is 11.1 Å². The Morgan fingerprint density at radius 2 is 2.44 bits per heavy atom. The van der Waals surface area contributed by atoms with Crippen LogP contribution in [0.4, 0.5) is 0 Å². The van der Waals surface area contributed by atoms with E-state index in [9.17, 15) is 9.59 Å². The van der Waals surface area contributed by atoms with E-state index in [1.165, 1.54) is 0 Å². The molecule has 0 saturated heterocycles. The molecule has 0 aromatic carbocycles. The number of hydrogen-bond acceptors (Lipinski definition) is 2. The summed E-state index contributed by atoms with van der Waals surface area (Å²) in [5, 5.41) is 2.40. The molecule has 4 nitrogen and oxygen atoms in total. The summed E-state index contributed by atoms with van der Waals surface area (Å²) in [6.07, 6.45) is 0.742. The first kappa shape index (κ1) is 7.94. The highest BCUT2D eigenvalue weighted by molar-refractivity contribution is 5.74. The summed E-state index contributed by atoms with van der Waals surface area (Å²) >= 11 is 0. The third-order valence-electron chi connectivity index (χ3n) is 0.860. The molecule has 3 N–H and O–H groups in total. The van der Waals surface area contributed by atoms with Crippen LogP contribution in [0.5, 0.6) is 0 Å². The molecule has 52 valence electrons. The fourth-order valence-electron chi connectivity index (χ4n) is 0.477. The smallest absolute Gasteiger partial charge is 0.219 e. The molecule has 0 spiro atoms. The highest BCUT2D eigenvalue weighted by Crippen LogP contribution is 1.85. The Morgan fingerprint density at radius 1 is 1.89 bits per heavy atom. The highest BCUT2D eigenvalue weighted by atomic mass is 16.1. The largest absolute Gasteiger partial charge is 0.370 e. The van der Waals surface area contributed by atoms with Crippen molar-refractivity contribution in [3.8, 4) is 0 Å². The zero-order valence-corrected chi connectivity index (χ0v) is 5.26. The van der Waals surface area contributed by atoms with Gasteiger partial charge in [0.25, 0.3) is 0 Å². The molecule has 1 atom stereocenters. The lowest BCUT2D eigenvalue weighted by molar-refractivity contribution is -0.118. The Kier molecular flexibility index (Phi) is 3.43. The summed E-state index contributed by atoms with van der Waals surface area (Å²) in [7, 11) is 0. The fraction of sp³-hybridized carbons (Fsp3) is 0.600. The molecule has 0 aromatic heterocycles. The molecular formula is C5H10N2O2. The van der Waals surface area contributed by atoms with Crippen LogP contribution in [0.2, 0.25) is 0 Å². The van der Waals surface area contributed by atoms with E-state index in [0.717, 1.165) is 0 Å². The molecule has 9 heavy (non-hydrogen) atoms. The average molecular weight is 130 g/mol. The van der Waals surface area contributed by atoms with Gasteiger partial charge in [-0.2, -0.15) is 0 Å². The SMILES string of the molecule is C[C@@H](CC(N)=O)NC=O. The zero-order chi connectivity index (χ0) is 7.28. The molecule has 0 radical (unpaired) electrons. The third-order valence-corrected chi connectivity index (χ3v) is 0.860. The van der Waals surface area contributed by atoms with Crippen molar-refractivity contribution in [2.24, 2.45) is 5.73 Å². The Morgan fingerprint density at radius 3 is 2.78 bits per heavy atom. The third kappa shape index (κ3) is 4.80. The van der Waals surface area contributed by atoms with Crippen molar-refractivity contribution >= 4 is 12.3 Å². The second-order valence-corrected chi connectivity index (χ2v) is 1.86. The van der Waals surface area contributed by atoms with E-state index in [-0.39, 0.29) is 12.5 Å². The van der Waals surface area contributed by atoms with Crippen LogP contribution in [0.3, 0.4) is 0 Å². The average Bonchev–Trinajstić information content (AvgIpc) is 1.63. The number of rotatable bonds is 4. The quantitative estimate of drug-likeness (QED) is 0.479. The van der Waals surface area contributed by atoms with Gasteiger partial charge in [-0.15, -0.1) is 0 Å². The van der Waals surface area contributed by atoms with Crippen LogP contribution in [0.15, 0.2) is 0 Å². The van der Waals surface area contributed by atoms with Crippen LogP contribution < -0.4 is 11.1 Å². The van der Waals surface area contributed by atoms with E-state index in [1.807, 2.05) is 0 Å². The first-order valence-corrected chi connectivity index (χ1v) is 2.65. The van der Waals surface area contributed by atoms with E-state index in [1.54, 1.807) is 6.92 Å². The summed E-state index contributed by atoms with van der Waals surface area (Å²) in [6, 6.07) is -0.153. The summed E-state index contributed by atoms with van der Waals surface area (Å²) in [6.45, 7) is 1.71. The maximum Gasteiger partial charge on any atom is 0.219 e. The summed E-state index contributed by atoms with van der Waals surface area (Å²) in [5.74, 6) is -0.406. The standard InChI is InChI=1S/C5H10N2O2/c1-4(7-3-8)2-5(6)9/h3-4H,2H2,1H3,(H2,6,9)(H,7,8)/t4-/m0/s1. The molecule has 0 aromatic rings. The lowest BCUT2D eigenvalue weighted by Crippen LogP contribution is -2.29. The molecule has 0 aliphatic heterocycles. The summed E-state index contributed by atoms with van der Waals surface area (Å²) < 4.78 is 0. The first-order chi connectivity index (χ1) is 4.16. The number of nitrogens with one attached hydrogen (secondary N) is 1. The van der Waals surface area contributed by atoms with Crippen LogP contribution >= 0.6 is 0 Å². The molecular weight excluding hydrogens is 120 g/mol. The van der Waals surface area contributed by atoms with Gasteiger partial charge in [0.1, 0.15) is 0 Å². The minimum atomic E-state index is -0.406. The van der Waals surface area contributed by atoms with Crippen molar-refractivity contribution in [2.45, 2.75) is 19.4 Å². The van der Waals surface area contributed by atoms with E-state index in [4.69, 9.17) is 5.73 Å². The number of hydrogen-bond donors (Lipinski definition) is 2. The molecule has 0 aliphatic carbocycles. The topological polar surface area (TPSA) is 72.2 Å². The number of nitrogens with two attached hydrogens (primary N) is 1. The Balaban J connectivity index is 3.37. The number of amides is 2. The summed E-state index contributed by atoms with van der Waals surface area (Å²) in [4.78, 5) is 19.9. The minimum absolute atomic E-state index is 0.153. The molecule has 2 amide bonds. The van der Waals surface area contributed by atoms with Crippen LogP contribution in [0.1, 0.15) is 13.3 Å². The van der Waals surface area contributed by atoms with Crippen molar-refractivity contribution in [3.05, 3.63) is 0 Å². The molecule has 0 heterocycles. The molecule has 0 bridgehead atoms. The van der Waals surface area contributed by atoms with E-state index >= 15 is 0 Å². The van der Waals surface area contributed by atoms with Gasteiger partial charge in [-0.25, -0.2) is 0 Å². The van der Waals surface area contributed by atoms with E-state index in [0.29, 0.717) is 6.41 Å². The van der Waals surface area contributed by atoms with Crippen LogP contribution in [-0.2, 0) is 9.59 Å².